The van der Waals surface area contributed by atoms with E-state index in [9.17, 15) is 45.6 Å². The maximum absolute atomic E-state index is 14.6. The molecule has 5 rings (SSSR count). The number of fused-ring (bicyclic) bond motifs is 2. The number of likely N-dealkylation sites (tertiary alicyclic amines) is 2. The van der Waals surface area contributed by atoms with Crippen LogP contribution in [-0.4, -0.2) is 172 Å². The average molecular weight is 894 g/mol. The number of sulfonamides is 2. The van der Waals surface area contributed by atoms with Gasteiger partial charge >= 0.3 is 0 Å². The third kappa shape index (κ3) is 10.8. The summed E-state index contributed by atoms with van der Waals surface area (Å²) in [7, 11) is -4.21. The monoisotopic (exact) mass is 893 g/mol. The Hall–Kier alpha value is -4.02. The second-order valence-electron chi connectivity index (χ2n) is 16.7. The first kappa shape index (κ1) is 48.0. The number of ketones is 1. The number of para-hydroxylation sites is 1. The van der Waals surface area contributed by atoms with E-state index >= 15 is 0 Å². The molecule has 0 aliphatic carbocycles. The standard InChI is InChI=1S/C40H63N9O10S2/c1-8-33(50)27-22-48(60(6,56)57)31-18-20-46(34(27)31)39(54)29(44-36(51)24(2)41-4)16-12-13-17-30(45-37(52)25(3)42-5)40(55)47-21-19-32-35(47)28(23-49(32)61(7,58)59)38(53)43-26-14-10-9-11-15-26/h9-11,14-15,24-25,27-32,34-35,41-42H,8,12-13,16-23H2,1-7H3,(H,43,53)(H,44,51)(H,45,52). The number of unbranched alkanes of at least 4 members (excludes halogenated alkanes) is 1. The lowest BCUT2D eigenvalue weighted by molar-refractivity contribution is -0.140. The van der Waals surface area contributed by atoms with Gasteiger partial charge in [0.2, 0.25) is 49.6 Å². The molecule has 4 aliphatic rings. The Morgan fingerprint density at radius 1 is 0.689 bits per heavy atom. The molecule has 1 aromatic carbocycles. The SMILES string of the molecule is CCC(=O)C1CN(S(C)(=O)=O)C2CCN(C(=O)C(CCCCC(NC(=O)C(C)NC)C(=O)N3CCC4C3C(C(=O)Nc3ccccc3)CN4S(C)(=O)=O)NC(=O)C(C)NC)C12. The molecule has 5 N–H and O–H groups in total. The Morgan fingerprint density at radius 3 is 1.52 bits per heavy atom. The minimum absolute atomic E-state index is 0.0188. The van der Waals surface area contributed by atoms with Crippen LogP contribution in [0.5, 0.6) is 0 Å². The molecular formula is C40H63N9O10S2. The van der Waals surface area contributed by atoms with E-state index in [1.54, 1.807) is 70.1 Å². The number of Topliss-reactive ketones (excluding diaryl/α,β-unsaturated/α-hetero) is 1. The molecule has 4 fully saturated rings. The van der Waals surface area contributed by atoms with Gasteiger partial charge in [-0.05, 0) is 65.8 Å². The fourth-order valence-electron chi connectivity index (χ4n) is 9.37. The predicted octanol–water partition coefficient (Wildman–Crippen LogP) is -0.928. The zero-order valence-corrected chi connectivity index (χ0v) is 37.8. The summed E-state index contributed by atoms with van der Waals surface area (Å²) < 4.78 is 54.0. The molecule has 4 aliphatic heterocycles. The first-order valence-electron chi connectivity index (χ1n) is 21.1. The summed E-state index contributed by atoms with van der Waals surface area (Å²) in [6, 6.07) is 2.63. The lowest BCUT2D eigenvalue weighted by Crippen LogP contribution is -2.55. The largest absolute Gasteiger partial charge is 0.343 e. The average Bonchev–Trinajstić information content (AvgIpc) is 4.01. The van der Waals surface area contributed by atoms with Gasteiger partial charge in [0, 0.05) is 50.4 Å². The summed E-state index contributed by atoms with van der Waals surface area (Å²) in [6.45, 7) is 5.21. The topological polar surface area (TPSA) is 244 Å². The van der Waals surface area contributed by atoms with E-state index in [1.165, 1.54) is 13.5 Å². The first-order valence-corrected chi connectivity index (χ1v) is 24.8. The van der Waals surface area contributed by atoms with Crippen molar-refractivity contribution in [3.8, 4) is 0 Å². The van der Waals surface area contributed by atoms with Gasteiger partial charge in [0.25, 0.3) is 0 Å². The van der Waals surface area contributed by atoms with Crippen LogP contribution in [-0.2, 0) is 48.8 Å². The molecule has 340 valence electrons. The quantitative estimate of drug-likeness (QED) is 0.106. The van der Waals surface area contributed by atoms with Gasteiger partial charge in [-0.3, -0.25) is 28.8 Å². The fraction of sp³-hybridized carbons (Fsp3) is 0.700. The second kappa shape index (κ2) is 20.0. The molecule has 5 amide bonds. The lowest BCUT2D eigenvalue weighted by atomic mass is 9.93. The van der Waals surface area contributed by atoms with E-state index in [0.29, 0.717) is 31.4 Å². The van der Waals surface area contributed by atoms with Gasteiger partial charge in [-0.2, -0.15) is 8.61 Å². The molecule has 0 aromatic heterocycles. The minimum Gasteiger partial charge on any atom is -0.343 e. The Bertz CT molecular complexity index is 2020. The molecule has 0 spiro atoms. The summed E-state index contributed by atoms with van der Waals surface area (Å²) >= 11 is 0. The van der Waals surface area contributed by atoms with Crippen molar-refractivity contribution in [1.29, 1.82) is 0 Å². The Morgan fingerprint density at radius 2 is 1.11 bits per heavy atom. The maximum Gasteiger partial charge on any atom is 0.245 e. The number of nitrogens with zero attached hydrogens (tertiary/aromatic N) is 4. The highest BCUT2D eigenvalue weighted by atomic mass is 32.2. The van der Waals surface area contributed by atoms with Gasteiger partial charge in [-0.1, -0.05) is 38.0 Å². The number of nitrogens with one attached hydrogen (secondary N) is 5. The highest BCUT2D eigenvalue weighted by Crippen LogP contribution is 2.40. The third-order valence-corrected chi connectivity index (χ3v) is 15.4. The molecular weight excluding hydrogens is 831 g/mol. The van der Waals surface area contributed by atoms with Crippen molar-refractivity contribution >= 4 is 61.1 Å². The molecule has 21 heteroatoms. The third-order valence-electron chi connectivity index (χ3n) is 12.8. The number of carbonyl (C=O) groups excluding carboxylic acids is 6. The summed E-state index contributed by atoms with van der Waals surface area (Å²) in [5.41, 5.74) is 0.523. The van der Waals surface area contributed by atoms with Crippen LogP contribution >= 0.6 is 0 Å². The molecule has 0 radical (unpaired) electrons. The summed E-state index contributed by atoms with van der Waals surface area (Å²) in [4.78, 5) is 85.5. The number of hydrogen-bond acceptors (Lipinski definition) is 12. The van der Waals surface area contributed by atoms with E-state index < -0.39 is 110 Å². The van der Waals surface area contributed by atoms with E-state index in [1.807, 2.05) is 0 Å². The van der Waals surface area contributed by atoms with E-state index in [-0.39, 0.29) is 51.2 Å². The Balaban J connectivity index is 1.35. The van der Waals surface area contributed by atoms with Crippen molar-refractivity contribution in [2.45, 2.75) is 114 Å². The number of likely N-dealkylation sites (N-methyl/N-ethyl adjacent to an activating group) is 2. The molecule has 1 aromatic rings. The van der Waals surface area contributed by atoms with Crippen molar-refractivity contribution in [1.82, 2.24) is 39.7 Å². The van der Waals surface area contributed by atoms with Crippen LogP contribution in [0.3, 0.4) is 0 Å². The van der Waals surface area contributed by atoms with Gasteiger partial charge in [0.15, 0.2) is 0 Å². The summed E-state index contributed by atoms with van der Waals surface area (Å²) in [6.07, 6.45) is 3.87. The van der Waals surface area contributed by atoms with Crippen LogP contribution in [0.25, 0.3) is 0 Å². The van der Waals surface area contributed by atoms with Crippen LogP contribution in [0.15, 0.2) is 30.3 Å². The van der Waals surface area contributed by atoms with Gasteiger partial charge < -0.3 is 36.4 Å². The van der Waals surface area contributed by atoms with Crippen LogP contribution in [0, 0.1) is 11.8 Å². The van der Waals surface area contributed by atoms with Crippen LogP contribution in [0.2, 0.25) is 0 Å². The predicted molar refractivity (Wildman–Crippen MR) is 228 cm³/mol. The molecule has 10 atom stereocenters. The van der Waals surface area contributed by atoms with Crippen LogP contribution < -0.4 is 26.6 Å². The second-order valence-corrected chi connectivity index (χ2v) is 20.6. The molecule has 4 heterocycles. The van der Waals surface area contributed by atoms with Gasteiger partial charge in [-0.15, -0.1) is 0 Å². The molecule has 4 saturated heterocycles. The molecule has 0 bridgehead atoms. The number of amides is 5. The van der Waals surface area contributed by atoms with Gasteiger partial charge in [-0.25, -0.2) is 16.8 Å². The van der Waals surface area contributed by atoms with Crippen molar-refractivity contribution in [2.75, 3.05) is 58.1 Å². The van der Waals surface area contributed by atoms with Crippen molar-refractivity contribution in [3.63, 3.8) is 0 Å². The Kier molecular flexibility index (Phi) is 15.7. The van der Waals surface area contributed by atoms with Gasteiger partial charge in [0.05, 0.1) is 48.5 Å². The van der Waals surface area contributed by atoms with E-state index in [2.05, 4.69) is 26.6 Å². The zero-order valence-electron chi connectivity index (χ0n) is 36.1. The van der Waals surface area contributed by atoms with Gasteiger partial charge in [0.1, 0.15) is 17.9 Å². The number of rotatable bonds is 19. The molecule has 61 heavy (non-hydrogen) atoms. The number of carbonyl (C=O) groups is 6. The fourth-order valence-corrected chi connectivity index (χ4v) is 11.7. The normalized spacial score (nSPS) is 26.2. The van der Waals surface area contributed by atoms with Crippen LogP contribution in [0.1, 0.15) is 65.7 Å². The first-order chi connectivity index (χ1) is 28.7. The summed E-state index contributed by atoms with van der Waals surface area (Å²) in [5.74, 6) is -3.96. The molecule has 0 saturated carbocycles. The van der Waals surface area contributed by atoms with Crippen molar-refractivity contribution < 1.29 is 45.6 Å². The molecule has 19 nitrogen and oxygen atoms in total. The number of hydrogen-bond donors (Lipinski definition) is 5. The van der Waals surface area contributed by atoms with E-state index in [4.69, 9.17) is 0 Å². The zero-order chi connectivity index (χ0) is 45.0. The number of anilines is 1. The smallest absolute Gasteiger partial charge is 0.245 e. The van der Waals surface area contributed by atoms with E-state index in [0.717, 1.165) is 12.5 Å². The van der Waals surface area contributed by atoms with Crippen molar-refractivity contribution in [3.05, 3.63) is 30.3 Å². The Labute approximate surface area is 359 Å². The minimum atomic E-state index is -3.75. The van der Waals surface area contributed by atoms with Crippen molar-refractivity contribution in [2.24, 2.45) is 11.8 Å². The van der Waals surface area contributed by atoms with Crippen LogP contribution in [0.4, 0.5) is 5.69 Å². The number of benzene rings is 1. The summed E-state index contributed by atoms with van der Waals surface area (Å²) in [5, 5.41) is 14.3. The lowest BCUT2D eigenvalue weighted by Gasteiger charge is -2.32. The highest BCUT2D eigenvalue weighted by molar-refractivity contribution is 7.88. The molecule has 10 unspecified atom stereocenters. The maximum atomic E-state index is 14.6. The highest BCUT2D eigenvalue weighted by Gasteiger charge is 2.57.